The van der Waals surface area contributed by atoms with Crippen LogP contribution in [0.5, 0.6) is 5.75 Å². The Morgan fingerprint density at radius 3 is 2.68 bits per heavy atom. The first-order chi connectivity index (χ1) is 10.6. The average molecular weight is 319 g/mol. The van der Waals surface area contributed by atoms with Crippen molar-refractivity contribution in [2.75, 3.05) is 7.11 Å². The van der Waals surface area contributed by atoms with Crippen LogP contribution in [0.2, 0.25) is 5.02 Å². The third-order valence-electron chi connectivity index (χ3n) is 2.93. The second-order valence-corrected chi connectivity index (χ2v) is 4.85. The molecular formula is C16H15ClN2O3. The van der Waals surface area contributed by atoms with Crippen molar-refractivity contribution in [1.29, 1.82) is 0 Å². The number of methoxy groups -OCH3 is 1. The zero-order valence-corrected chi connectivity index (χ0v) is 12.6. The van der Waals surface area contributed by atoms with Crippen LogP contribution in [-0.4, -0.2) is 24.3 Å². The number of carbonyl (C=O) groups is 1. The molecule has 1 amide bonds. The summed E-state index contributed by atoms with van der Waals surface area (Å²) in [6, 6.07) is 13.7. The number of carbonyl (C=O) groups excluding carboxylic acids is 1. The molecule has 0 radical (unpaired) electrons. The molecule has 2 N–H and O–H groups in total. The minimum Gasteiger partial charge on any atom is -0.495 e. The van der Waals surface area contributed by atoms with Crippen LogP contribution < -0.4 is 10.2 Å². The number of halogens is 1. The number of hydrazone groups is 1. The highest BCUT2D eigenvalue weighted by Gasteiger charge is 2.15. The predicted octanol–water partition coefficient (Wildman–Crippen LogP) is 2.53. The van der Waals surface area contributed by atoms with Gasteiger partial charge in [0.1, 0.15) is 5.75 Å². The van der Waals surface area contributed by atoms with E-state index < -0.39 is 12.0 Å². The third-order valence-corrected chi connectivity index (χ3v) is 3.22. The largest absolute Gasteiger partial charge is 0.495 e. The van der Waals surface area contributed by atoms with E-state index in [2.05, 4.69) is 10.5 Å². The third kappa shape index (κ3) is 4.07. The van der Waals surface area contributed by atoms with Gasteiger partial charge in [0.25, 0.3) is 5.91 Å². The lowest BCUT2D eigenvalue weighted by Gasteiger charge is -2.08. The van der Waals surface area contributed by atoms with Gasteiger partial charge in [0, 0.05) is 0 Å². The molecule has 0 aliphatic carbocycles. The van der Waals surface area contributed by atoms with Crippen molar-refractivity contribution in [3.8, 4) is 5.75 Å². The molecule has 2 rings (SSSR count). The highest BCUT2D eigenvalue weighted by Crippen LogP contribution is 2.24. The summed E-state index contributed by atoms with van der Waals surface area (Å²) in [5.74, 6) is -0.0515. The molecule has 0 aliphatic rings. The van der Waals surface area contributed by atoms with Crippen LogP contribution in [0.4, 0.5) is 0 Å². The number of amides is 1. The highest BCUT2D eigenvalue weighted by molar-refractivity contribution is 6.32. The van der Waals surface area contributed by atoms with Gasteiger partial charge < -0.3 is 9.84 Å². The minimum atomic E-state index is -1.27. The zero-order chi connectivity index (χ0) is 15.9. The van der Waals surface area contributed by atoms with Crippen LogP contribution in [0.1, 0.15) is 17.2 Å². The molecule has 0 spiro atoms. The summed E-state index contributed by atoms with van der Waals surface area (Å²) in [6.07, 6.45) is 0.166. The Hall–Kier alpha value is -2.37. The van der Waals surface area contributed by atoms with E-state index in [-0.39, 0.29) is 0 Å². The summed E-state index contributed by atoms with van der Waals surface area (Å²) in [7, 11) is 1.53. The van der Waals surface area contributed by atoms with Gasteiger partial charge in [-0.2, -0.15) is 5.10 Å². The quantitative estimate of drug-likeness (QED) is 0.657. The Bertz CT molecular complexity index is 674. The van der Waals surface area contributed by atoms with Crippen LogP contribution in [0.25, 0.3) is 0 Å². The van der Waals surface area contributed by atoms with Crippen LogP contribution in [0.15, 0.2) is 53.6 Å². The number of ether oxygens (including phenoxy) is 1. The topological polar surface area (TPSA) is 70.9 Å². The number of benzene rings is 2. The molecule has 22 heavy (non-hydrogen) atoms. The van der Waals surface area contributed by atoms with Crippen molar-refractivity contribution in [1.82, 2.24) is 5.43 Å². The molecule has 0 bridgehead atoms. The molecular weight excluding hydrogens is 304 g/mol. The Kier molecular flexibility index (Phi) is 5.52. The highest BCUT2D eigenvalue weighted by atomic mass is 35.5. The van der Waals surface area contributed by atoms with E-state index in [0.717, 1.165) is 0 Å². The number of nitrogens with zero attached hydrogens (tertiary/aromatic N) is 1. The summed E-state index contributed by atoms with van der Waals surface area (Å²) in [5, 5.41) is 14.1. The Morgan fingerprint density at radius 2 is 2.05 bits per heavy atom. The van der Waals surface area contributed by atoms with Crippen molar-refractivity contribution < 1.29 is 14.6 Å². The zero-order valence-electron chi connectivity index (χ0n) is 11.9. The number of rotatable bonds is 5. The van der Waals surface area contributed by atoms with Crippen molar-refractivity contribution in [2.24, 2.45) is 5.10 Å². The number of aliphatic hydroxyl groups is 1. The Morgan fingerprint density at radius 1 is 1.32 bits per heavy atom. The van der Waals surface area contributed by atoms with Gasteiger partial charge in [-0.05, 0) is 29.3 Å². The van der Waals surface area contributed by atoms with Gasteiger partial charge in [0.05, 0.1) is 18.3 Å². The van der Waals surface area contributed by atoms with E-state index in [9.17, 15) is 9.90 Å². The fourth-order valence-corrected chi connectivity index (χ4v) is 2.05. The second kappa shape index (κ2) is 7.59. The van der Waals surface area contributed by atoms with Crippen LogP contribution in [0, 0.1) is 0 Å². The maximum atomic E-state index is 11.8. The lowest BCUT2D eigenvalue weighted by atomic mass is 10.1. The second-order valence-electron chi connectivity index (χ2n) is 4.44. The monoisotopic (exact) mass is 318 g/mol. The smallest absolute Gasteiger partial charge is 0.273 e. The first kappa shape index (κ1) is 16.0. The minimum absolute atomic E-state index is 0.446. The first-order valence-electron chi connectivity index (χ1n) is 6.51. The standard InChI is InChI=1S/C16H15ClN2O3/c1-22-14-8-7-11(9-13(14)17)10-18-19-16(21)15(20)12-5-3-2-4-6-12/h2-10,15,20H,1H3,(H,19,21)/b18-10-/t15-/m0/s1. The van der Waals surface area contributed by atoms with E-state index in [4.69, 9.17) is 16.3 Å². The van der Waals surface area contributed by atoms with Gasteiger partial charge >= 0.3 is 0 Å². The van der Waals surface area contributed by atoms with E-state index in [0.29, 0.717) is 21.9 Å². The number of hydrogen-bond acceptors (Lipinski definition) is 4. The Labute approximate surface area is 133 Å². The maximum Gasteiger partial charge on any atom is 0.273 e. The maximum absolute atomic E-state index is 11.8. The first-order valence-corrected chi connectivity index (χ1v) is 6.89. The van der Waals surface area contributed by atoms with Gasteiger partial charge in [-0.15, -0.1) is 0 Å². The van der Waals surface area contributed by atoms with Crippen molar-refractivity contribution in [3.05, 3.63) is 64.7 Å². The van der Waals surface area contributed by atoms with Crippen LogP contribution in [-0.2, 0) is 4.79 Å². The summed E-state index contributed by atoms with van der Waals surface area (Å²) < 4.78 is 5.04. The summed E-state index contributed by atoms with van der Waals surface area (Å²) in [5.41, 5.74) is 3.48. The predicted molar refractivity (Wildman–Crippen MR) is 85.1 cm³/mol. The summed E-state index contributed by atoms with van der Waals surface area (Å²) in [4.78, 5) is 11.8. The molecule has 1 atom stereocenters. The molecule has 5 nitrogen and oxygen atoms in total. The molecule has 0 aromatic heterocycles. The molecule has 6 heteroatoms. The van der Waals surface area contributed by atoms with E-state index in [1.807, 2.05) is 0 Å². The lowest BCUT2D eigenvalue weighted by Crippen LogP contribution is -2.25. The van der Waals surface area contributed by atoms with Crippen molar-refractivity contribution in [2.45, 2.75) is 6.10 Å². The number of hydrogen-bond donors (Lipinski definition) is 2. The summed E-state index contributed by atoms with van der Waals surface area (Å²) >= 11 is 5.99. The van der Waals surface area contributed by atoms with Crippen LogP contribution in [0.3, 0.4) is 0 Å². The van der Waals surface area contributed by atoms with Gasteiger partial charge in [-0.3, -0.25) is 4.79 Å². The molecule has 0 unspecified atom stereocenters. The SMILES string of the molecule is COc1ccc(/C=N\NC(=O)[C@@H](O)c2ccccc2)cc1Cl. The van der Waals surface area contributed by atoms with E-state index in [1.54, 1.807) is 48.5 Å². The van der Waals surface area contributed by atoms with Gasteiger partial charge in [0.15, 0.2) is 6.10 Å². The number of aliphatic hydroxyl groups excluding tert-OH is 1. The molecule has 114 valence electrons. The van der Waals surface area contributed by atoms with E-state index >= 15 is 0 Å². The summed E-state index contributed by atoms with van der Waals surface area (Å²) in [6.45, 7) is 0. The molecule has 2 aromatic carbocycles. The van der Waals surface area contributed by atoms with Gasteiger partial charge in [-0.1, -0.05) is 41.9 Å². The van der Waals surface area contributed by atoms with Crippen molar-refractivity contribution >= 4 is 23.7 Å². The molecule has 2 aromatic rings. The fourth-order valence-electron chi connectivity index (χ4n) is 1.78. The molecule has 0 saturated carbocycles. The Balaban J connectivity index is 1.97. The molecule has 0 aliphatic heterocycles. The van der Waals surface area contributed by atoms with E-state index in [1.165, 1.54) is 13.3 Å². The molecule has 0 heterocycles. The van der Waals surface area contributed by atoms with Crippen molar-refractivity contribution in [3.63, 3.8) is 0 Å². The fraction of sp³-hybridized carbons (Fsp3) is 0.125. The normalized spacial score (nSPS) is 12.1. The van der Waals surface area contributed by atoms with Gasteiger partial charge in [-0.25, -0.2) is 5.43 Å². The average Bonchev–Trinajstić information content (AvgIpc) is 2.55. The van der Waals surface area contributed by atoms with Crippen LogP contribution >= 0.6 is 11.6 Å². The van der Waals surface area contributed by atoms with Gasteiger partial charge in [0.2, 0.25) is 0 Å². The molecule has 0 fully saturated rings. The number of nitrogens with one attached hydrogen (secondary N) is 1. The lowest BCUT2D eigenvalue weighted by molar-refractivity contribution is -0.129. The molecule has 0 saturated heterocycles.